The maximum Gasteiger partial charge on any atom is 0.317 e. The Morgan fingerprint density at radius 1 is 1.52 bits per heavy atom. The molecule has 1 atom stereocenters. The van der Waals surface area contributed by atoms with Crippen molar-refractivity contribution < 1.29 is 9.53 Å². The average Bonchev–Trinajstić information content (AvgIpc) is 3.19. The van der Waals surface area contributed by atoms with Crippen molar-refractivity contribution in [2.24, 2.45) is 0 Å². The van der Waals surface area contributed by atoms with E-state index < -0.39 is 0 Å². The molecule has 0 spiro atoms. The van der Waals surface area contributed by atoms with E-state index in [1.807, 2.05) is 22.1 Å². The maximum atomic E-state index is 12.2. The van der Waals surface area contributed by atoms with Crippen LogP contribution in [-0.4, -0.2) is 46.4 Å². The molecule has 0 aliphatic rings. The molecule has 1 N–H and O–H groups in total. The molecule has 0 aromatic carbocycles. The third-order valence-corrected chi connectivity index (χ3v) is 4.48. The van der Waals surface area contributed by atoms with Gasteiger partial charge in [-0.1, -0.05) is 6.07 Å². The van der Waals surface area contributed by atoms with E-state index in [1.165, 1.54) is 0 Å². The van der Waals surface area contributed by atoms with Crippen molar-refractivity contribution in [2.45, 2.75) is 32.5 Å². The number of ether oxygens (including phenoxy) is 1. The summed E-state index contributed by atoms with van der Waals surface area (Å²) in [7, 11) is 3.38. The number of rotatable bonds is 7. The van der Waals surface area contributed by atoms with Crippen molar-refractivity contribution in [3.63, 3.8) is 0 Å². The van der Waals surface area contributed by atoms with E-state index in [9.17, 15) is 4.79 Å². The van der Waals surface area contributed by atoms with E-state index in [4.69, 9.17) is 4.74 Å². The molecule has 8 heteroatoms. The van der Waals surface area contributed by atoms with Crippen LogP contribution in [0.3, 0.4) is 0 Å². The van der Waals surface area contributed by atoms with Gasteiger partial charge in [-0.25, -0.2) is 4.79 Å². The minimum Gasteiger partial charge on any atom is -0.374 e. The lowest BCUT2D eigenvalue weighted by Crippen LogP contribution is -2.39. The first kappa shape index (κ1) is 17.4. The molecule has 7 nitrogen and oxygen atoms in total. The molecule has 2 aromatic heterocycles. The SMILES string of the molecule is CO[C@@H](CNC(=O)N(C)Cc1nncn1C(C)C)c1cccs1. The summed E-state index contributed by atoms with van der Waals surface area (Å²) in [5.41, 5.74) is 0. The van der Waals surface area contributed by atoms with Gasteiger partial charge in [0, 0.05) is 25.1 Å². The molecule has 0 bridgehead atoms. The van der Waals surface area contributed by atoms with Crippen molar-refractivity contribution in [3.05, 3.63) is 34.5 Å². The highest BCUT2D eigenvalue weighted by Gasteiger charge is 2.17. The Labute approximate surface area is 140 Å². The first-order valence-corrected chi connectivity index (χ1v) is 8.34. The Morgan fingerprint density at radius 2 is 2.30 bits per heavy atom. The molecule has 0 aliphatic heterocycles. The summed E-state index contributed by atoms with van der Waals surface area (Å²) in [6, 6.07) is 4.06. The number of urea groups is 1. The van der Waals surface area contributed by atoms with Crippen molar-refractivity contribution in [2.75, 3.05) is 20.7 Å². The van der Waals surface area contributed by atoms with Crippen LogP contribution in [0.25, 0.3) is 0 Å². The summed E-state index contributed by atoms with van der Waals surface area (Å²) in [6.45, 7) is 4.94. The highest BCUT2D eigenvalue weighted by atomic mass is 32.1. The van der Waals surface area contributed by atoms with Crippen LogP contribution in [0.2, 0.25) is 0 Å². The van der Waals surface area contributed by atoms with E-state index in [0.717, 1.165) is 10.7 Å². The fourth-order valence-electron chi connectivity index (χ4n) is 2.18. The number of hydrogen-bond acceptors (Lipinski definition) is 5. The van der Waals surface area contributed by atoms with E-state index in [0.29, 0.717) is 13.1 Å². The molecule has 2 rings (SSSR count). The third kappa shape index (κ3) is 4.52. The van der Waals surface area contributed by atoms with Crippen LogP contribution in [-0.2, 0) is 11.3 Å². The number of aromatic nitrogens is 3. The number of nitrogens with zero attached hydrogens (tertiary/aromatic N) is 4. The number of hydrogen-bond donors (Lipinski definition) is 1. The van der Waals surface area contributed by atoms with Crippen LogP contribution in [0.15, 0.2) is 23.8 Å². The van der Waals surface area contributed by atoms with Crippen molar-refractivity contribution >= 4 is 17.4 Å². The van der Waals surface area contributed by atoms with Gasteiger partial charge in [0.2, 0.25) is 0 Å². The molecule has 2 heterocycles. The third-order valence-electron chi connectivity index (χ3n) is 3.51. The Balaban J connectivity index is 1.88. The average molecular weight is 337 g/mol. The number of methoxy groups -OCH3 is 1. The molecule has 2 amide bonds. The summed E-state index contributed by atoms with van der Waals surface area (Å²) in [4.78, 5) is 14.9. The standard InChI is InChI=1S/C15H23N5O2S/c1-11(2)20-10-17-18-14(20)9-19(3)15(21)16-8-12(22-4)13-6-5-7-23-13/h5-7,10-12H,8-9H2,1-4H3,(H,16,21)/t12-/m0/s1. The lowest BCUT2D eigenvalue weighted by molar-refractivity contribution is 0.104. The monoisotopic (exact) mass is 337 g/mol. The molecule has 0 radical (unpaired) electrons. The largest absolute Gasteiger partial charge is 0.374 e. The van der Waals surface area contributed by atoms with E-state index in [-0.39, 0.29) is 18.2 Å². The Kier molecular flexibility index (Phi) is 6.12. The van der Waals surface area contributed by atoms with Crippen molar-refractivity contribution in [3.8, 4) is 0 Å². The molecule has 0 aliphatic carbocycles. The molecule has 0 unspecified atom stereocenters. The zero-order valence-corrected chi connectivity index (χ0v) is 14.7. The van der Waals surface area contributed by atoms with Gasteiger partial charge in [-0.05, 0) is 25.3 Å². The Hall–Kier alpha value is -1.93. The highest BCUT2D eigenvalue weighted by Crippen LogP contribution is 2.21. The number of thiophene rings is 1. The predicted octanol–water partition coefficient (Wildman–Crippen LogP) is 2.45. The fourth-order valence-corrected chi connectivity index (χ4v) is 2.99. The topological polar surface area (TPSA) is 72.3 Å². The summed E-state index contributed by atoms with van der Waals surface area (Å²) < 4.78 is 7.38. The number of carbonyl (C=O) groups is 1. The molecule has 0 saturated carbocycles. The van der Waals surface area contributed by atoms with Crippen molar-refractivity contribution in [1.82, 2.24) is 25.0 Å². The van der Waals surface area contributed by atoms with Gasteiger partial charge >= 0.3 is 6.03 Å². The minimum absolute atomic E-state index is 0.133. The second-order valence-corrected chi connectivity index (χ2v) is 6.51. The number of nitrogens with one attached hydrogen (secondary N) is 1. The summed E-state index contributed by atoms with van der Waals surface area (Å²) in [5.74, 6) is 0.763. The maximum absolute atomic E-state index is 12.2. The highest BCUT2D eigenvalue weighted by molar-refractivity contribution is 7.10. The molecular formula is C15H23N5O2S. The van der Waals surface area contributed by atoms with Crippen LogP contribution in [0, 0.1) is 0 Å². The van der Waals surface area contributed by atoms with Crippen LogP contribution in [0.1, 0.15) is 36.7 Å². The number of carbonyl (C=O) groups excluding carboxylic acids is 1. The minimum atomic E-state index is -0.165. The molecule has 0 fully saturated rings. The molecule has 23 heavy (non-hydrogen) atoms. The van der Waals surface area contributed by atoms with Gasteiger partial charge in [0.1, 0.15) is 12.4 Å². The Morgan fingerprint density at radius 3 is 2.91 bits per heavy atom. The molecular weight excluding hydrogens is 314 g/mol. The van der Waals surface area contributed by atoms with Gasteiger partial charge in [-0.3, -0.25) is 0 Å². The number of amides is 2. The van der Waals surface area contributed by atoms with E-state index >= 15 is 0 Å². The normalized spacial score (nSPS) is 12.4. The fraction of sp³-hybridized carbons (Fsp3) is 0.533. The van der Waals surface area contributed by atoms with Crippen LogP contribution in [0.4, 0.5) is 4.79 Å². The lowest BCUT2D eigenvalue weighted by Gasteiger charge is -2.21. The van der Waals surface area contributed by atoms with E-state index in [2.05, 4.69) is 29.4 Å². The van der Waals surface area contributed by atoms with Gasteiger partial charge in [0.25, 0.3) is 0 Å². The zero-order chi connectivity index (χ0) is 16.8. The van der Waals surface area contributed by atoms with Gasteiger partial charge in [0.15, 0.2) is 5.82 Å². The summed E-state index contributed by atoms with van der Waals surface area (Å²) in [6.07, 6.45) is 1.55. The Bertz CT molecular complexity index is 611. The van der Waals surface area contributed by atoms with Gasteiger partial charge in [0.05, 0.1) is 13.1 Å². The first-order valence-electron chi connectivity index (χ1n) is 7.46. The summed E-state index contributed by atoms with van der Waals surface area (Å²) >= 11 is 1.61. The van der Waals surface area contributed by atoms with Crippen molar-refractivity contribution in [1.29, 1.82) is 0 Å². The second-order valence-electron chi connectivity index (χ2n) is 5.53. The zero-order valence-electron chi connectivity index (χ0n) is 13.9. The molecule has 2 aromatic rings. The quantitative estimate of drug-likeness (QED) is 0.842. The molecule has 0 saturated heterocycles. The van der Waals surface area contributed by atoms with Gasteiger partial charge in [-0.15, -0.1) is 21.5 Å². The molecule has 126 valence electrons. The lowest BCUT2D eigenvalue weighted by atomic mass is 10.3. The second kappa shape index (κ2) is 8.07. The van der Waals surface area contributed by atoms with Gasteiger partial charge in [-0.2, -0.15) is 0 Å². The smallest absolute Gasteiger partial charge is 0.317 e. The van der Waals surface area contributed by atoms with E-state index in [1.54, 1.807) is 36.7 Å². The summed E-state index contributed by atoms with van der Waals surface area (Å²) in [5, 5.41) is 12.9. The predicted molar refractivity (Wildman–Crippen MR) is 89.3 cm³/mol. The van der Waals surface area contributed by atoms with Crippen LogP contribution >= 0.6 is 11.3 Å². The van der Waals surface area contributed by atoms with Crippen LogP contribution < -0.4 is 5.32 Å². The van der Waals surface area contributed by atoms with Gasteiger partial charge < -0.3 is 19.5 Å². The van der Waals surface area contributed by atoms with Crippen LogP contribution in [0.5, 0.6) is 0 Å². The first-order chi connectivity index (χ1) is 11.0.